The number of rotatable bonds is 12. The Kier molecular flexibility index (Phi) is 7.52. The van der Waals surface area contributed by atoms with Gasteiger partial charge in [-0.25, -0.2) is 0 Å². The zero-order chi connectivity index (χ0) is 15.0. The van der Waals surface area contributed by atoms with E-state index in [1.807, 2.05) is 13.8 Å². The first kappa shape index (κ1) is 17.4. The van der Waals surface area contributed by atoms with Crippen LogP contribution in [0.1, 0.15) is 59.3 Å². The Morgan fingerprint density at radius 2 is 2.00 bits per heavy atom. The summed E-state index contributed by atoms with van der Waals surface area (Å²) in [4.78, 5) is 14.1. The minimum absolute atomic E-state index is 0.645. The maximum Gasteiger partial charge on any atom is 0.323 e. The molecular formula is C16H32N2O2. The molecule has 1 saturated carbocycles. The topological polar surface area (TPSA) is 52.6 Å². The lowest BCUT2D eigenvalue weighted by Gasteiger charge is -2.30. The predicted molar refractivity (Wildman–Crippen MR) is 83.0 cm³/mol. The molecule has 20 heavy (non-hydrogen) atoms. The average molecular weight is 284 g/mol. The molecule has 0 radical (unpaired) electrons. The summed E-state index contributed by atoms with van der Waals surface area (Å²) in [7, 11) is 0. The molecule has 1 atom stereocenters. The second kappa shape index (κ2) is 8.63. The van der Waals surface area contributed by atoms with Crippen LogP contribution in [-0.2, 0) is 4.79 Å². The van der Waals surface area contributed by atoms with E-state index in [-0.39, 0.29) is 0 Å². The fraction of sp³-hybridized carbons (Fsp3) is 0.938. The van der Waals surface area contributed by atoms with Crippen LogP contribution >= 0.6 is 0 Å². The third kappa shape index (κ3) is 5.41. The van der Waals surface area contributed by atoms with E-state index >= 15 is 0 Å². The normalized spacial score (nSPS) is 18.2. The Balaban J connectivity index is 2.42. The Bertz CT molecular complexity index is 292. The van der Waals surface area contributed by atoms with Crippen LogP contribution in [0.2, 0.25) is 0 Å². The first-order chi connectivity index (χ1) is 9.57. The van der Waals surface area contributed by atoms with Crippen molar-refractivity contribution in [2.24, 2.45) is 5.92 Å². The Hall–Kier alpha value is -0.610. The van der Waals surface area contributed by atoms with Crippen molar-refractivity contribution in [3.05, 3.63) is 0 Å². The molecule has 2 N–H and O–H groups in total. The molecule has 1 aliphatic rings. The molecule has 0 aromatic carbocycles. The molecular weight excluding hydrogens is 252 g/mol. The van der Waals surface area contributed by atoms with Gasteiger partial charge in [0.1, 0.15) is 5.54 Å². The van der Waals surface area contributed by atoms with Gasteiger partial charge >= 0.3 is 5.97 Å². The van der Waals surface area contributed by atoms with E-state index in [1.54, 1.807) is 0 Å². The highest BCUT2D eigenvalue weighted by atomic mass is 16.4. The second-order valence-electron chi connectivity index (χ2n) is 6.12. The third-order valence-electron chi connectivity index (χ3n) is 4.36. The minimum Gasteiger partial charge on any atom is -0.480 e. The van der Waals surface area contributed by atoms with E-state index < -0.39 is 11.5 Å². The van der Waals surface area contributed by atoms with Gasteiger partial charge < -0.3 is 15.3 Å². The van der Waals surface area contributed by atoms with E-state index in [4.69, 9.17) is 0 Å². The lowest BCUT2D eigenvalue weighted by molar-refractivity contribution is -0.145. The first-order valence-corrected chi connectivity index (χ1v) is 8.28. The van der Waals surface area contributed by atoms with Crippen LogP contribution in [0.5, 0.6) is 0 Å². The van der Waals surface area contributed by atoms with Gasteiger partial charge in [-0.15, -0.1) is 0 Å². The standard InChI is InChI=1S/C16H32N2O2/c1-4-11-18(13-14-8-9-14)12-7-10-16(5-2,15(19)20)17-6-3/h14,17H,4-13H2,1-3H3,(H,19,20). The van der Waals surface area contributed by atoms with E-state index in [2.05, 4.69) is 17.1 Å². The van der Waals surface area contributed by atoms with Gasteiger partial charge in [0.2, 0.25) is 0 Å². The van der Waals surface area contributed by atoms with Crippen molar-refractivity contribution in [3.8, 4) is 0 Å². The van der Waals surface area contributed by atoms with Gasteiger partial charge in [0.25, 0.3) is 0 Å². The lowest BCUT2D eigenvalue weighted by Crippen LogP contribution is -2.52. The Labute approximate surface area is 123 Å². The van der Waals surface area contributed by atoms with Gasteiger partial charge in [0, 0.05) is 6.54 Å². The molecule has 0 saturated heterocycles. The Morgan fingerprint density at radius 1 is 1.30 bits per heavy atom. The molecule has 0 aromatic heterocycles. The van der Waals surface area contributed by atoms with Gasteiger partial charge in [-0.3, -0.25) is 4.79 Å². The molecule has 1 aliphatic carbocycles. The number of carboxylic acid groups (broad SMARTS) is 1. The third-order valence-corrected chi connectivity index (χ3v) is 4.36. The van der Waals surface area contributed by atoms with E-state index in [0.29, 0.717) is 13.0 Å². The largest absolute Gasteiger partial charge is 0.480 e. The van der Waals surface area contributed by atoms with Crippen LogP contribution in [0.3, 0.4) is 0 Å². The van der Waals surface area contributed by atoms with Gasteiger partial charge in [-0.1, -0.05) is 20.8 Å². The number of aliphatic carboxylic acids is 1. The monoisotopic (exact) mass is 284 g/mol. The zero-order valence-corrected chi connectivity index (χ0v) is 13.5. The highest BCUT2D eigenvalue weighted by Crippen LogP contribution is 2.30. The summed E-state index contributed by atoms with van der Waals surface area (Å²) in [6.45, 7) is 10.2. The highest BCUT2D eigenvalue weighted by Gasteiger charge is 2.35. The number of likely N-dealkylation sites (N-methyl/N-ethyl adjacent to an activating group) is 1. The molecule has 1 rings (SSSR count). The number of nitrogens with one attached hydrogen (secondary N) is 1. The molecule has 0 amide bonds. The fourth-order valence-electron chi connectivity index (χ4n) is 2.94. The van der Waals surface area contributed by atoms with Crippen molar-refractivity contribution in [2.75, 3.05) is 26.2 Å². The van der Waals surface area contributed by atoms with Crippen molar-refractivity contribution in [1.29, 1.82) is 0 Å². The number of carbonyl (C=O) groups is 1. The summed E-state index contributed by atoms with van der Waals surface area (Å²) in [5.74, 6) is 0.205. The van der Waals surface area contributed by atoms with Crippen LogP contribution in [0.4, 0.5) is 0 Å². The molecule has 4 heteroatoms. The average Bonchev–Trinajstić information content (AvgIpc) is 3.21. The maximum atomic E-state index is 11.6. The van der Waals surface area contributed by atoms with Crippen molar-refractivity contribution >= 4 is 5.97 Å². The lowest BCUT2D eigenvalue weighted by atomic mass is 9.90. The van der Waals surface area contributed by atoms with E-state index in [0.717, 1.165) is 31.8 Å². The fourth-order valence-corrected chi connectivity index (χ4v) is 2.94. The zero-order valence-electron chi connectivity index (χ0n) is 13.5. The summed E-state index contributed by atoms with van der Waals surface area (Å²) in [6, 6.07) is 0. The second-order valence-corrected chi connectivity index (χ2v) is 6.12. The van der Waals surface area contributed by atoms with Crippen molar-refractivity contribution in [3.63, 3.8) is 0 Å². The van der Waals surface area contributed by atoms with Gasteiger partial charge in [0.15, 0.2) is 0 Å². The molecule has 4 nitrogen and oxygen atoms in total. The first-order valence-electron chi connectivity index (χ1n) is 8.28. The summed E-state index contributed by atoms with van der Waals surface area (Å²) in [5.41, 5.74) is -0.730. The van der Waals surface area contributed by atoms with E-state index in [1.165, 1.54) is 25.8 Å². The minimum atomic E-state index is -0.730. The SMILES string of the molecule is CCCN(CCCC(CC)(NCC)C(=O)O)CC1CC1. The smallest absolute Gasteiger partial charge is 0.323 e. The van der Waals surface area contributed by atoms with Crippen LogP contribution in [0.15, 0.2) is 0 Å². The molecule has 0 aliphatic heterocycles. The molecule has 1 fully saturated rings. The molecule has 0 spiro atoms. The van der Waals surface area contributed by atoms with Crippen molar-refractivity contribution in [2.45, 2.75) is 64.8 Å². The van der Waals surface area contributed by atoms with Gasteiger partial charge in [-0.05, 0) is 64.1 Å². The number of nitrogens with zero attached hydrogens (tertiary/aromatic N) is 1. The predicted octanol–water partition coefficient (Wildman–Crippen LogP) is 2.73. The van der Waals surface area contributed by atoms with Crippen LogP contribution in [0.25, 0.3) is 0 Å². The molecule has 0 heterocycles. The van der Waals surface area contributed by atoms with Crippen LogP contribution in [-0.4, -0.2) is 47.7 Å². The Morgan fingerprint density at radius 3 is 2.45 bits per heavy atom. The molecule has 0 aromatic rings. The van der Waals surface area contributed by atoms with E-state index in [9.17, 15) is 9.90 Å². The number of carboxylic acids is 1. The summed E-state index contributed by atoms with van der Waals surface area (Å²) >= 11 is 0. The van der Waals surface area contributed by atoms with Gasteiger partial charge in [0.05, 0.1) is 0 Å². The molecule has 118 valence electrons. The van der Waals surface area contributed by atoms with Crippen LogP contribution < -0.4 is 5.32 Å². The summed E-state index contributed by atoms with van der Waals surface area (Å²) in [5, 5.41) is 12.7. The quantitative estimate of drug-likeness (QED) is 0.578. The summed E-state index contributed by atoms with van der Waals surface area (Å²) < 4.78 is 0. The van der Waals surface area contributed by atoms with Crippen LogP contribution in [0, 0.1) is 5.92 Å². The van der Waals surface area contributed by atoms with Gasteiger partial charge in [-0.2, -0.15) is 0 Å². The van der Waals surface area contributed by atoms with Crippen molar-refractivity contribution < 1.29 is 9.90 Å². The van der Waals surface area contributed by atoms with Crippen molar-refractivity contribution in [1.82, 2.24) is 10.2 Å². The molecule has 0 bridgehead atoms. The number of hydrogen-bond acceptors (Lipinski definition) is 3. The number of hydrogen-bond donors (Lipinski definition) is 2. The highest BCUT2D eigenvalue weighted by molar-refractivity contribution is 5.78. The molecule has 1 unspecified atom stereocenters. The maximum absolute atomic E-state index is 11.6. The summed E-state index contributed by atoms with van der Waals surface area (Å²) in [6.07, 6.45) is 6.26.